The largest absolute Gasteiger partial charge is 0.494 e. The van der Waals surface area contributed by atoms with Crippen molar-refractivity contribution in [2.24, 2.45) is 0 Å². The first-order chi connectivity index (χ1) is 8.38. The van der Waals surface area contributed by atoms with E-state index < -0.39 is 0 Å². The van der Waals surface area contributed by atoms with E-state index in [2.05, 4.69) is 10.3 Å². The molecule has 0 unspecified atom stereocenters. The van der Waals surface area contributed by atoms with Crippen LogP contribution in [0, 0.1) is 0 Å². The lowest BCUT2D eigenvalue weighted by molar-refractivity contribution is 0.340. The summed E-state index contributed by atoms with van der Waals surface area (Å²) >= 11 is 0. The highest BCUT2D eigenvalue weighted by Gasteiger charge is 1.96. The number of nitrogens with one attached hydrogen (secondary N) is 1. The molecule has 0 saturated carbocycles. The van der Waals surface area contributed by atoms with E-state index in [1.807, 2.05) is 49.5 Å². The molecule has 2 aromatic rings. The quantitative estimate of drug-likeness (QED) is 0.853. The molecule has 0 bridgehead atoms. The van der Waals surface area contributed by atoms with Gasteiger partial charge in [-0.15, -0.1) is 0 Å². The fourth-order valence-corrected chi connectivity index (χ4v) is 1.57. The minimum Gasteiger partial charge on any atom is -0.494 e. The Morgan fingerprint density at radius 3 is 2.94 bits per heavy atom. The van der Waals surface area contributed by atoms with Crippen LogP contribution in [0.1, 0.15) is 12.5 Å². The molecule has 0 aliphatic heterocycles. The van der Waals surface area contributed by atoms with Crippen LogP contribution in [0.15, 0.2) is 48.8 Å². The van der Waals surface area contributed by atoms with Gasteiger partial charge >= 0.3 is 0 Å². The van der Waals surface area contributed by atoms with E-state index in [1.165, 1.54) is 0 Å². The summed E-state index contributed by atoms with van der Waals surface area (Å²) in [7, 11) is 0. The summed E-state index contributed by atoms with van der Waals surface area (Å²) in [4.78, 5) is 4.08. The van der Waals surface area contributed by atoms with Crippen molar-refractivity contribution >= 4 is 5.69 Å². The molecule has 1 heterocycles. The van der Waals surface area contributed by atoms with E-state index >= 15 is 0 Å². The number of aromatic nitrogens is 1. The van der Waals surface area contributed by atoms with Crippen LogP contribution in [-0.4, -0.2) is 11.6 Å². The van der Waals surface area contributed by atoms with Gasteiger partial charge in [-0.2, -0.15) is 0 Å². The van der Waals surface area contributed by atoms with Crippen LogP contribution >= 0.6 is 0 Å². The van der Waals surface area contributed by atoms with Crippen molar-refractivity contribution in [1.82, 2.24) is 4.98 Å². The molecule has 1 aromatic carbocycles. The Bertz CT molecular complexity index is 457. The lowest BCUT2D eigenvalue weighted by atomic mass is 10.2. The van der Waals surface area contributed by atoms with Crippen LogP contribution in [0.4, 0.5) is 5.69 Å². The molecule has 0 saturated heterocycles. The molecule has 0 fully saturated rings. The van der Waals surface area contributed by atoms with Gasteiger partial charge in [0.25, 0.3) is 0 Å². The van der Waals surface area contributed by atoms with Crippen LogP contribution in [0.2, 0.25) is 0 Å². The fourth-order valence-electron chi connectivity index (χ4n) is 1.57. The summed E-state index contributed by atoms with van der Waals surface area (Å²) in [5.74, 6) is 0.892. The Morgan fingerprint density at radius 2 is 2.18 bits per heavy atom. The Hall–Kier alpha value is -2.03. The lowest BCUT2D eigenvalue weighted by Crippen LogP contribution is -2.00. The maximum atomic E-state index is 5.45. The Kier molecular flexibility index (Phi) is 3.97. The van der Waals surface area contributed by atoms with Crippen LogP contribution in [-0.2, 0) is 6.54 Å². The van der Waals surface area contributed by atoms with E-state index in [-0.39, 0.29) is 0 Å². The molecule has 2 rings (SSSR count). The van der Waals surface area contributed by atoms with E-state index in [0.29, 0.717) is 6.61 Å². The van der Waals surface area contributed by atoms with Gasteiger partial charge in [-0.1, -0.05) is 12.1 Å². The zero-order valence-corrected chi connectivity index (χ0v) is 9.89. The van der Waals surface area contributed by atoms with Crippen molar-refractivity contribution in [1.29, 1.82) is 0 Å². The average molecular weight is 228 g/mol. The van der Waals surface area contributed by atoms with E-state index in [1.54, 1.807) is 6.20 Å². The Morgan fingerprint density at radius 1 is 1.24 bits per heavy atom. The smallest absolute Gasteiger partial charge is 0.121 e. The summed E-state index contributed by atoms with van der Waals surface area (Å²) in [6.45, 7) is 3.44. The van der Waals surface area contributed by atoms with Gasteiger partial charge in [-0.05, 0) is 30.7 Å². The SMILES string of the molecule is CCOc1cccc(NCc2cccnc2)c1. The third kappa shape index (κ3) is 3.48. The number of hydrogen-bond acceptors (Lipinski definition) is 3. The Labute approximate surface area is 101 Å². The predicted molar refractivity (Wildman–Crippen MR) is 69.2 cm³/mol. The van der Waals surface area contributed by atoms with Gasteiger partial charge in [0, 0.05) is 30.7 Å². The lowest BCUT2D eigenvalue weighted by Gasteiger charge is -2.08. The van der Waals surface area contributed by atoms with Gasteiger partial charge in [0.1, 0.15) is 5.75 Å². The number of anilines is 1. The fraction of sp³-hybridized carbons (Fsp3) is 0.214. The summed E-state index contributed by atoms with van der Waals surface area (Å²) in [5.41, 5.74) is 2.22. The summed E-state index contributed by atoms with van der Waals surface area (Å²) in [6, 6.07) is 12.0. The predicted octanol–water partition coefficient (Wildman–Crippen LogP) is 3.09. The molecule has 0 amide bonds. The average Bonchev–Trinajstić information content (AvgIpc) is 2.39. The number of ether oxygens (including phenoxy) is 1. The third-order valence-electron chi connectivity index (χ3n) is 2.36. The number of pyridine rings is 1. The molecule has 0 atom stereocenters. The molecule has 17 heavy (non-hydrogen) atoms. The van der Waals surface area contributed by atoms with Crippen LogP contribution in [0.3, 0.4) is 0 Å². The standard InChI is InChI=1S/C14H16N2O/c1-2-17-14-7-3-6-13(9-14)16-11-12-5-4-8-15-10-12/h3-10,16H,2,11H2,1H3. The highest BCUT2D eigenvalue weighted by molar-refractivity contribution is 5.48. The van der Waals surface area contributed by atoms with Gasteiger partial charge in [-0.3, -0.25) is 4.98 Å². The molecule has 0 radical (unpaired) electrons. The molecule has 3 heteroatoms. The van der Waals surface area contributed by atoms with Crippen LogP contribution < -0.4 is 10.1 Å². The van der Waals surface area contributed by atoms with Crippen LogP contribution in [0.25, 0.3) is 0 Å². The molecule has 1 aromatic heterocycles. The van der Waals surface area contributed by atoms with E-state index in [4.69, 9.17) is 4.74 Å². The molecule has 0 aliphatic rings. The maximum Gasteiger partial charge on any atom is 0.121 e. The van der Waals surface area contributed by atoms with Crippen molar-refractivity contribution in [3.63, 3.8) is 0 Å². The van der Waals surface area contributed by atoms with Crippen molar-refractivity contribution in [3.05, 3.63) is 54.4 Å². The first kappa shape index (κ1) is 11.5. The minimum absolute atomic E-state index is 0.687. The van der Waals surface area contributed by atoms with E-state index in [9.17, 15) is 0 Å². The first-order valence-electron chi connectivity index (χ1n) is 5.74. The van der Waals surface area contributed by atoms with Crippen molar-refractivity contribution in [2.75, 3.05) is 11.9 Å². The topological polar surface area (TPSA) is 34.1 Å². The maximum absolute atomic E-state index is 5.45. The second-order valence-electron chi connectivity index (χ2n) is 3.68. The number of benzene rings is 1. The number of nitrogens with zero attached hydrogens (tertiary/aromatic N) is 1. The number of hydrogen-bond donors (Lipinski definition) is 1. The molecular formula is C14H16N2O. The van der Waals surface area contributed by atoms with Gasteiger partial charge < -0.3 is 10.1 Å². The summed E-state index contributed by atoms with van der Waals surface area (Å²) in [6.07, 6.45) is 3.64. The summed E-state index contributed by atoms with van der Waals surface area (Å²) in [5, 5.41) is 3.34. The van der Waals surface area contributed by atoms with Gasteiger partial charge in [0.15, 0.2) is 0 Å². The molecule has 0 spiro atoms. The second kappa shape index (κ2) is 5.89. The molecule has 0 aliphatic carbocycles. The van der Waals surface area contributed by atoms with Crippen molar-refractivity contribution in [2.45, 2.75) is 13.5 Å². The van der Waals surface area contributed by atoms with Crippen molar-refractivity contribution < 1.29 is 4.74 Å². The molecule has 88 valence electrons. The van der Waals surface area contributed by atoms with Gasteiger partial charge in [0.2, 0.25) is 0 Å². The summed E-state index contributed by atoms with van der Waals surface area (Å²) < 4.78 is 5.45. The normalized spacial score (nSPS) is 9.94. The van der Waals surface area contributed by atoms with Crippen LogP contribution in [0.5, 0.6) is 5.75 Å². The first-order valence-corrected chi connectivity index (χ1v) is 5.74. The molecule has 1 N–H and O–H groups in total. The monoisotopic (exact) mass is 228 g/mol. The highest BCUT2D eigenvalue weighted by atomic mass is 16.5. The molecular weight excluding hydrogens is 212 g/mol. The second-order valence-corrected chi connectivity index (χ2v) is 3.68. The zero-order valence-electron chi connectivity index (χ0n) is 9.89. The van der Waals surface area contributed by atoms with Gasteiger partial charge in [0.05, 0.1) is 6.61 Å². The Balaban J connectivity index is 1.97. The zero-order chi connectivity index (χ0) is 11.9. The third-order valence-corrected chi connectivity index (χ3v) is 2.36. The minimum atomic E-state index is 0.687. The van der Waals surface area contributed by atoms with E-state index in [0.717, 1.165) is 23.5 Å². The van der Waals surface area contributed by atoms with Gasteiger partial charge in [-0.25, -0.2) is 0 Å². The number of rotatable bonds is 5. The molecule has 3 nitrogen and oxygen atoms in total. The van der Waals surface area contributed by atoms with Crippen molar-refractivity contribution in [3.8, 4) is 5.75 Å². The highest BCUT2D eigenvalue weighted by Crippen LogP contribution is 2.17.